The van der Waals surface area contributed by atoms with Crippen LogP contribution in [0.15, 0.2) is 77.5 Å². The Morgan fingerprint density at radius 1 is 1.06 bits per heavy atom. The van der Waals surface area contributed by atoms with Gasteiger partial charge in [0, 0.05) is 23.0 Å². The van der Waals surface area contributed by atoms with Gasteiger partial charge in [0.05, 0.1) is 32.0 Å². The zero-order valence-electron chi connectivity index (χ0n) is 29.3. The molecule has 3 aliphatic heterocycles. The van der Waals surface area contributed by atoms with Crippen LogP contribution in [0.5, 0.6) is 11.5 Å². The van der Waals surface area contributed by atoms with Crippen molar-refractivity contribution in [3.05, 3.63) is 121 Å². The zero-order chi connectivity index (χ0) is 38.9. The van der Waals surface area contributed by atoms with Crippen LogP contribution in [-0.2, 0) is 27.2 Å². The average molecular weight is 850 g/mol. The van der Waals surface area contributed by atoms with Crippen LogP contribution in [0.1, 0.15) is 46.0 Å². The molecule has 3 aromatic carbocycles. The summed E-state index contributed by atoms with van der Waals surface area (Å²) in [6, 6.07) is 16.0. The zero-order valence-corrected chi connectivity index (χ0v) is 32.4. The molecule has 0 aliphatic carbocycles. The summed E-state index contributed by atoms with van der Waals surface area (Å²) in [6.07, 6.45) is 2.34. The Balaban J connectivity index is 0.00000181. The number of amides is 1. The SMILES string of the molecule is COc1ccc([C@H](Cc2c(Cl)c[n+]([O-])cc2Cl)OC(=O)c2cc(Br)cc(CN(C(=O)O[C@H]3CN4CCC3CC4)c3ccccc3F)c2)cc1OC.O=CO. The molecule has 54 heavy (non-hydrogen) atoms. The third-order valence-electron chi connectivity index (χ3n) is 9.22. The number of carboxylic acid groups (broad SMARTS) is 1. The first-order valence-electron chi connectivity index (χ1n) is 16.8. The summed E-state index contributed by atoms with van der Waals surface area (Å²) in [4.78, 5) is 39.5. The topological polar surface area (TPSA) is 142 Å². The minimum Gasteiger partial charge on any atom is -0.619 e. The molecular weight excluding hydrogens is 812 g/mol. The van der Waals surface area contributed by atoms with Gasteiger partial charge in [-0.15, -0.1) is 0 Å². The normalized spacial score (nSPS) is 17.7. The van der Waals surface area contributed by atoms with Gasteiger partial charge in [-0.05, 0) is 85.4 Å². The van der Waals surface area contributed by atoms with Gasteiger partial charge in [-0.3, -0.25) is 14.6 Å². The summed E-state index contributed by atoms with van der Waals surface area (Å²) in [5.41, 5.74) is 1.67. The second-order valence-electron chi connectivity index (χ2n) is 12.6. The van der Waals surface area contributed by atoms with Gasteiger partial charge in [0.25, 0.3) is 6.47 Å². The Hall–Kier alpha value is -4.63. The Bertz CT molecular complexity index is 1960. The van der Waals surface area contributed by atoms with Gasteiger partial charge in [-0.25, -0.2) is 14.0 Å². The van der Waals surface area contributed by atoms with Crippen LogP contribution in [0.4, 0.5) is 14.9 Å². The smallest absolute Gasteiger partial charge is 0.415 e. The maximum absolute atomic E-state index is 15.2. The number of rotatable bonds is 11. The van der Waals surface area contributed by atoms with Crippen LogP contribution < -0.4 is 19.1 Å². The van der Waals surface area contributed by atoms with E-state index in [2.05, 4.69) is 20.8 Å². The molecule has 16 heteroatoms. The fraction of sp³-hybridized carbons (Fsp3) is 0.316. The van der Waals surface area contributed by atoms with Crippen molar-refractivity contribution < 1.29 is 47.6 Å². The first-order valence-corrected chi connectivity index (χ1v) is 18.3. The molecule has 0 radical (unpaired) electrons. The van der Waals surface area contributed by atoms with Crippen LogP contribution in [0.25, 0.3) is 0 Å². The average Bonchev–Trinajstić information content (AvgIpc) is 3.15. The first kappa shape index (κ1) is 40.6. The van der Waals surface area contributed by atoms with Crippen LogP contribution in [0.3, 0.4) is 0 Å². The van der Waals surface area contributed by atoms with Crippen LogP contribution >= 0.6 is 39.1 Å². The third kappa shape index (κ3) is 9.91. The second-order valence-corrected chi connectivity index (χ2v) is 14.3. The molecule has 3 aliphatic rings. The van der Waals surface area contributed by atoms with Gasteiger partial charge in [0.2, 0.25) is 0 Å². The Morgan fingerprint density at radius 3 is 2.33 bits per heavy atom. The van der Waals surface area contributed by atoms with Crippen molar-refractivity contribution in [2.45, 2.75) is 38.0 Å². The predicted molar refractivity (Wildman–Crippen MR) is 202 cm³/mol. The molecule has 3 fully saturated rings. The van der Waals surface area contributed by atoms with Crippen molar-refractivity contribution in [1.82, 2.24) is 4.90 Å². The molecule has 12 nitrogen and oxygen atoms in total. The molecule has 1 N–H and O–H groups in total. The molecule has 2 bridgehead atoms. The fourth-order valence-electron chi connectivity index (χ4n) is 6.59. The molecule has 0 saturated carbocycles. The summed E-state index contributed by atoms with van der Waals surface area (Å²) in [5, 5.41) is 19.0. The van der Waals surface area contributed by atoms with Gasteiger partial charge >= 0.3 is 12.1 Å². The third-order valence-corrected chi connectivity index (χ3v) is 10.3. The molecule has 4 aromatic rings. The van der Waals surface area contributed by atoms with E-state index in [1.165, 1.54) is 43.6 Å². The molecule has 1 amide bonds. The number of esters is 1. The number of piperidine rings is 3. The van der Waals surface area contributed by atoms with E-state index in [0.717, 1.165) is 25.9 Å². The number of ether oxygens (including phenoxy) is 4. The highest BCUT2D eigenvalue weighted by Gasteiger charge is 2.38. The number of hydrogen-bond donors (Lipinski definition) is 1. The second kappa shape index (κ2) is 18.6. The largest absolute Gasteiger partial charge is 0.619 e. The highest BCUT2D eigenvalue weighted by Crippen LogP contribution is 2.36. The monoisotopic (exact) mass is 847 g/mol. The lowest BCUT2D eigenvalue weighted by Gasteiger charge is -2.44. The van der Waals surface area contributed by atoms with Crippen molar-refractivity contribution in [1.29, 1.82) is 0 Å². The minimum atomic E-state index is -0.941. The van der Waals surface area contributed by atoms with Gasteiger partial charge in [0.15, 0.2) is 23.9 Å². The maximum Gasteiger partial charge on any atom is 0.415 e. The molecule has 7 rings (SSSR count). The van der Waals surface area contributed by atoms with E-state index in [9.17, 15) is 14.8 Å². The van der Waals surface area contributed by atoms with Crippen molar-refractivity contribution in [3.63, 3.8) is 0 Å². The number of carbonyl (C=O) groups is 3. The van der Waals surface area contributed by atoms with Crippen LogP contribution in [-0.4, -0.2) is 68.5 Å². The Kier molecular flexibility index (Phi) is 14.0. The Labute approximate surface area is 329 Å². The highest BCUT2D eigenvalue weighted by atomic mass is 79.9. The summed E-state index contributed by atoms with van der Waals surface area (Å²) in [6.45, 7) is 2.26. The quantitative estimate of drug-likeness (QED) is 0.0694. The first-order chi connectivity index (χ1) is 25.9. The van der Waals surface area contributed by atoms with E-state index in [1.54, 1.807) is 48.5 Å². The van der Waals surface area contributed by atoms with Gasteiger partial charge in [-0.2, -0.15) is 4.73 Å². The number of anilines is 1. The number of hydrogen-bond acceptors (Lipinski definition) is 9. The van der Waals surface area contributed by atoms with Crippen molar-refractivity contribution in [3.8, 4) is 11.5 Å². The minimum absolute atomic E-state index is 0.0209. The van der Waals surface area contributed by atoms with Gasteiger partial charge < -0.3 is 29.3 Å². The highest BCUT2D eigenvalue weighted by molar-refractivity contribution is 9.10. The van der Waals surface area contributed by atoms with Crippen molar-refractivity contribution >= 4 is 63.4 Å². The number of pyridine rings is 1. The number of fused-ring (bicyclic) bond motifs is 3. The lowest BCUT2D eigenvalue weighted by molar-refractivity contribution is -0.605. The maximum atomic E-state index is 15.2. The van der Waals surface area contributed by atoms with Crippen LogP contribution in [0.2, 0.25) is 10.0 Å². The van der Waals surface area contributed by atoms with E-state index < -0.39 is 24.0 Å². The van der Waals surface area contributed by atoms with Crippen LogP contribution in [0, 0.1) is 16.9 Å². The standard InChI is InChI=1S/C37H35BrCl2FN3O7.CH2O2/c1-48-32-8-7-24(16-34(32)49-2)33(17-27-28(39)19-43(47)20-29(27)40)50-36(45)25-13-22(14-26(38)15-25)18-44(31-6-4-3-5-30(31)41)37(46)51-35-21-42-11-9-23(35)10-12-42;2-1-3/h3-8,13-16,19-20,23,33,35H,9-12,17-18,21H2,1-2H3;1H,(H,2,3)/t33-,35-;/m0./s1. The molecule has 286 valence electrons. The number of nitrogens with zero attached hydrogens (tertiary/aromatic N) is 3. The van der Waals surface area contributed by atoms with E-state index >= 15 is 4.39 Å². The van der Waals surface area contributed by atoms with Crippen molar-refractivity contribution in [2.75, 3.05) is 38.8 Å². The fourth-order valence-corrected chi connectivity index (χ4v) is 7.73. The van der Waals surface area contributed by atoms with E-state index in [1.807, 2.05) is 0 Å². The van der Waals surface area contributed by atoms with E-state index in [0.29, 0.717) is 43.9 Å². The van der Waals surface area contributed by atoms with Crippen molar-refractivity contribution in [2.24, 2.45) is 5.92 Å². The molecule has 4 heterocycles. The summed E-state index contributed by atoms with van der Waals surface area (Å²) < 4.78 is 39.2. The summed E-state index contributed by atoms with van der Waals surface area (Å²) >= 11 is 16.3. The van der Waals surface area contributed by atoms with E-state index in [4.69, 9.17) is 52.1 Å². The molecule has 0 spiro atoms. The molecule has 1 aromatic heterocycles. The molecular formula is C38H37BrCl2FN3O9. The number of para-hydroxylation sites is 1. The number of halogens is 4. The van der Waals surface area contributed by atoms with E-state index in [-0.39, 0.29) is 52.8 Å². The number of methoxy groups -OCH3 is 2. The lowest BCUT2D eigenvalue weighted by atomic mass is 9.86. The number of carbonyl (C=O) groups excluding carboxylic acids is 2. The van der Waals surface area contributed by atoms with Gasteiger partial charge in [0.1, 0.15) is 28.1 Å². The number of benzene rings is 3. The Morgan fingerprint density at radius 2 is 1.72 bits per heavy atom. The molecule has 0 unspecified atom stereocenters. The van der Waals surface area contributed by atoms with Gasteiger partial charge in [-0.1, -0.05) is 57.3 Å². The molecule has 2 atom stereocenters. The summed E-state index contributed by atoms with van der Waals surface area (Å²) in [7, 11) is 2.99. The summed E-state index contributed by atoms with van der Waals surface area (Å²) in [5.74, 6) is -0.156. The number of aromatic nitrogens is 1. The predicted octanol–water partition coefficient (Wildman–Crippen LogP) is 7.62. The molecule has 3 saturated heterocycles. The lowest BCUT2D eigenvalue weighted by Crippen LogP contribution is -2.53.